The largest absolute Gasteiger partial charge is 0.490 e. The average Bonchev–Trinajstić information content (AvgIpc) is 2.52. The van der Waals surface area contributed by atoms with E-state index in [2.05, 4.69) is 45.9 Å². The first-order chi connectivity index (χ1) is 10.2. The van der Waals surface area contributed by atoms with Crippen LogP contribution in [0.1, 0.15) is 52.5 Å². The van der Waals surface area contributed by atoms with Gasteiger partial charge in [0, 0.05) is 0 Å². The van der Waals surface area contributed by atoms with E-state index in [4.69, 9.17) is 9.47 Å². The van der Waals surface area contributed by atoms with Gasteiger partial charge < -0.3 is 9.47 Å². The fourth-order valence-corrected chi connectivity index (χ4v) is 2.11. The van der Waals surface area contributed by atoms with E-state index in [1.807, 2.05) is 12.1 Å². The van der Waals surface area contributed by atoms with E-state index in [-0.39, 0.29) is 0 Å². The fourth-order valence-electron chi connectivity index (χ4n) is 2.11. The summed E-state index contributed by atoms with van der Waals surface area (Å²) in [5.74, 6) is 0.935. The molecular weight excluding hydrogens is 260 g/mol. The van der Waals surface area contributed by atoms with Gasteiger partial charge in [0.05, 0.1) is 12.7 Å². The Bertz CT molecular complexity index is 402. The molecule has 21 heavy (non-hydrogen) atoms. The quantitative estimate of drug-likeness (QED) is 0.553. The summed E-state index contributed by atoms with van der Waals surface area (Å²) in [4.78, 5) is 0. The predicted octanol–water partition coefficient (Wildman–Crippen LogP) is 5.17. The third-order valence-corrected chi connectivity index (χ3v) is 3.77. The zero-order valence-electron chi connectivity index (χ0n) is 14.0. The van der Waals surface area contributed by atoms with Gasteiger partial charge in [-0.25, -0.2) is 0 Å². The summed E-state index contributed by atoms with van der Waals surface area (Å²) in [5.41, 5.74) is 2.67. The molecular formula is C19H30O2. The minimum Gasteiger partial charge on any atom is -0.490 e. The maximum absolute atomic E-state index is 5.82. The molecule has 0 unspecified atom stereocenters. The molecule has 0 aromatic heterocycles. The minimum atomic E-state index is 0.408. The molecule has 0 aliphatic heterocycles. The standard InChI is InChI=1S/C19H30O2/c1-5-17-8-10-19(11-9-17)21-15-13-16(4)12-14-20-18(6-2)7-3/h8-11,13,18H,5-7,12,14-15H2,1-4H3. The molecule has 2 heteroatoms. The molecule has 1 aromatic carbocycles. The van der Waals surface area contributed by atoms with Crippen LogP contribution in [0.5, 0.6) is 5.75 Å². The molecule has 0 N–H and O–H groups in total. The Labute approximate surface area is 130 Å². The molecule has 2 nitrogen and oxygen atoms in total. The van der Waals surface area contributed by atoms with Crippen molar-refractivity contribution < 1.29 is 9.47 Å². The van der Waals surface area contributed by atoms with Crippen LogP contribution < -0.4 is 4.74 Å². The fraction of sp³-hybridized carbons (Fsp3) is 0.579. The SMILES string of the molecule is CCc1ccc(OCC=C(C)CCOC(CC)CC)cc1. The zero-order chi connectivity index (χ0) is 15.5. The molecule has 0 aliphatic carbocycles. The molecule has 1 aromatic rings. The smallest absolute Gasteiger partial charge is 0.119 e. The first-order valence-electron chi connectivity index (χ1n) is 8.18. The first kappa shape index (κ1) is 17.8. The second kappa shape index (κ2) is 10.4. The molecule has 0 heterocycles. The van der Waals surface area contributed by atoms with Crippen LogP contribution in [0.4, 0.5) is 0 Å². The van der Waals surface area contributed by atoms with Gasteiger partial charge in [-0.3, -0.25) is 0 Å². The molecule has 0 radical (unpaired) electrons. The van der Waals surface area contributed by atoms with Crippen LogP contribution in [0.2, 0.25) is 0 Å². The van der Waals surface area contributed by atoms with Gasteiger partial charge in [0.25, 0.3) is 0 Å². The maximum Gasteiger partial charge on any atom is 0.119 e. The monoisotopic (exact) mass is 290 g/mol. The third kappa shape index (κ3) is 7.33. The maximum atomic E-state index is 5.82. The van der Waals surface area contributed by atoms with Gasteiger partial charge in [-0.1, -0.05) is 38.5 Å². The Morgan fingerprint density at radius 3 is 2.33 bits per heavy atom. The highest BCUT2D eigenvalue weighted by atomic mass is 16.5. The number of hydrogen-bond donors (Lipinski definition) is 0. The summed E-state index contributed by atoms with van der Waals surface area (Å²) in [6.45, 7) is 10.1. The average molecular weight is 290 g/mol. The zero-order valence-corrected chi connectivity index (χ0v) is 14.0. The highest BCUT2D eigenvalue weighted by Gasteiger charge is 2.02. The van der Waals surface area contributed by atoms with Crippen molar-refractivity contribution in [3.63, 3.8) is 0 Å². The van der Waals surface area contributed by atoms with Gasteiger partial charge in [0.15, 0.2) is 0 Å². The van der Waals surface area contributed by atoms with Crippen LogP contribution in [0.15, 0.2) is 35.9 Å². The lowest BCUT2D eigenvalue weighted by molar-refractivity contribution is 0.0503. The van der Waals surface area contributed by atoms with E-state index < -0.39 is 0 Å². The summed E-state index contributed by atoms with van der Waals surface area (Å²) in [6, 6.07) is 8.32. The molecule has 118 valence electrons. The van der Waals surface area contributed by atoms with Crippen LogP contribution in [0, 0.1) is 0 Å². The van der Waals surface area contributed by atoms with Gasteiger partial charge in [-0.2, -0.15) is 0 Å². The van der Waals surface area contributed by atoms with Crippen molar-refractivity contribution >= 4 is 0 Å². The molecule has 0 fully saturated rings. The number of aryl methyl sites for hydroxylation is 1. The van der Waals surface area contributed by atoms with Crippen LogP contribution in [-0.4, -0.2) is 19.3 Å². The van der Waals surface area contributed by atoms with E-state index in [0.717, 1.165) is 38.0 Å². The van der Waals surface area contributed by atoms with Crippen molar-refractivity contribution in [2.45, 2.75) is 59.5 Å². The summed E-state index contributed by atoms with van der Waals surface area (Å²) in [5, 5.41) is 0. The summed E-state index contributed by atoms with van der Waals surface area (Å²) in [6.07, 6.45) is 6.78. The van der Waals surface area contributed by atoms with Crippen molar-refractivity contribution in [2.24, 2.45) is 0 Å². The number of ether oxygens (including phenoxy) is 2. The second-order valence-electron chi connectivity index (χ2n) is 5.42. The van der Waals surface area contributed by atoms with Crippen molar-refractivity contribution in [1.29, 1.82) is 0 Å². The van der Waals surface area contributed by atoms with E-state index in [1.165, 1.54) is 11.1 Å². The van der Waals surface area contributed by atoms with Gasteiger partial charge in [0.1, 0.15) is 12.4 Å². The number of rotatable bonds is 10. The van der Waals surface area contributed by atoms with Crippen molar-refractivity contribution in [2.75, 3.05) is 13.2 Å². The topological polar surface area (TPSA) is 18.5 Å². The highest BCUT2D eigenvalue weighted by Crippen LogP contribution is 2.13. The van der Waals surface area contributed by atoms with Crippen LogP contribution in [-0.2, 0) is 11.2 Å². The minimum absolute atomic E-state index is 0.408. The normalized spacial score (nSPS) is 12.0. The summed E-state index contributed by atoms with van der Waals surface area (Å²) >= 11 is 0. The first-order valence-corrected chi connectivity index (χ1v) is 8.18. The number of hydrogen-bond acceptors (Lipinski definition) is 2. The van der Waals surface area contributed by atoms with Crippen molar-refractivity contribution in [3.8, 4) is 5.75 Å². The Hall–Kier alpha value is -1.28. The van der Waals surface area contributed by atoms with Crippen LogP contribution >= 0.6 is 0 Å². The van der Waals surface area contributed by atoms with Gasteiger partial charge >= 0.3 is 0 Å². The molecule has 0 bridgehead atoms. The highest BCUT2D eigenvalue weighted by molar-refractivity contribution is 5.27. The lowest BCUT2D eigenvalue weighted by Gasteiger charge is -2.13. The Kier molecular flexibility index (Phi) is 8.84. The third-order valence-electron chi connectivity index (χ3n) is 3.77. The number of benzene rings is 1. The Balaban J connectivity index is 2.25. The summed E-state index contributed by atoms with van der Waals surface area (Å²) < 4.78 is 11.5. The van der Waals surface area contributed by atoms with E-state index in [0.29, 0.717) is 12.7 Å². The molecule has 0 aliphatic rings. The molecule has 0 saturated heterocycles. The molecule has 0 spiro atoms. The lowest BCUT2D eigenvalue weighted by atomic mass is 10.2. The Morgan fingerprint density at radius 1 is 1.10 bits per heavy atom. The van der Waals surface area contributed by atoms with E-state index in [9.17, 15) is 0 Å². The summed E-state index contributed by atoms with van der Waals surface area (Å²) in [7, 11) is 0. The van der Waals surface area contributed by atoms with Gasteiger partial charge in [-0.15, -0.1) is 0 Å². The predicted molar refractivity (Wildman–Crippen MR) is 90.0 cm³/mol. The van der Waals surface area contributed by atoms with Crippen molar-refractivity contribution in [1.82, 2.24) is 0 Å². The second-order valence-corrected chi connectivity index (χ2v) is 5.42. The molecule has 1 rings (SSSR count). The lowest BCUT2D eigenvalue weighted by Crippen LogP contribution is -2.11. The molecule has 0 saturated carbocycles. The molecule has 0 amide bonds. The van der Waals surface area contributed by atoms with Crippen LogP contribution in [0.3, 0.4) is 0 Å². The Morgan fingerprint density at radius 2 is 1.76 bits per heavy atom. The van der Waals surface area contributed by atoms with E-state index >= 15 is 0 Å². The van der Waals surface area contributed by atoms with Crippen LogP contribution in [0.25, 0.3) is 0 Å². The van der Waals surface area contributed by atoms with Crippen molar-refractivity contribution in [3.05, 3.63) is 41.5 Å². The van der Waals surface area contributed by atoms with E-state index in [1.54, 1.807) is 0 Å². The molecule has 0 atom stereocenters. The van der Waals surface area contributed by atoms with Gasteiger partial charge in [-0.05, 0) is 56.4 Å². The van der Waals surface area contributed by atoms with Gasteiger partial charge in [0.2, 0.25) is 0 Å².